The summed E-state index contributed by atoms with van der Waals surface area (Å²) in [6.45, 7) is 3.88. The molecule has 0 bridgehead atoms. The lowest BCUT2D eigenvalue weighted by Crippen LogP contribution is -2.40. The quantitative estimate of drug-likeness (QED) is 0.443. The summed E-state index contributed by atoms with van der Waals surface area (Å²) < 4.78 is 0. The molecule has 0 aliphatic carbocycles. The van der Waals surface area contributed by atoms with Crippen molar-refractivity contribution in [3.05, 3.63) is 0 Å². The van der Waals surface area contributed by atoms with Gasteiger partial charge in [0.1, 0.15) is 0 Å². The van der Waals surface area contributed by atoms with Crippen LogP contribution >= 0.6 is 0 Å². The molecule has 0 atom stereocenters. The summed E-state index contributed by atoms with van der Waals surface area (Å²) >= 11 is 0. The molecule has 0 heterocycles. The lowest BCUT2D eigenvalue weighted by Gasteiger charge is -2.10. The molecule has 0 rings (SSSR count). The molecule has 0 spiro atoms. The molecule has 0 saturated carbocycles. The van der Waals surface area contributed by atoms with Gasteiger partial charge in [0.2, 0.25) is 12.3 Å². The minimum absolute atomic E-state index is 0.00227. The zero-order valence-electron chi connectivity index (χ0n) is 6.89. The van der Waals surface area contributed by atoms with Crippen LogP contribution in [0.3, 0.4) is 0 Å². The summed E-state index contributed by atoms with van der Waals surface area (Å²) in [6, 6.07) is 0. The smallest absolute Gasteiger partial charge is 0.241 e. The molecule has 4 heteroatoms. The van der Waals surface area contributed by atoms with Crippen LogP contribution in [-0.4, -0.2) is 12.3 Å². The van der Waals surface area contributed by atoms with Gasteiger partial charge in [-0.25, -0.2) is 0 Å². The molecule has 64 valence electrons. The highest BCUT2D eigenvalue weighted by atomic mass is 16.2. The highest BCUT2D eigenvalue weighted by molar-refractivity contribution is 5.79. The van der Waals surface area contributed by atoms with Crippen molar-refractivity contribution < 1.29 is 9.59 Å². The summed E-state index contributed by atoms with van der Waals surface area (Å²) in [4.78, 5) is 20.8. The van der Waals surface area contributed by atoms with Gasteiger partial charge in [-0.15, -0.1) is 0 Å². The van der Waals surface area contributed by atoms with Crippen molar-refractivity contribution in [1.29, 1.82) is 0 Å². The number of amides is 2. The Bertz CT molecular complexity index is 132. The molecule has 0 aliphatic rings. The molecule has 0 unspecified atom stereocenters. The standard InChI is InChI=1S/C7H14N2O2/c1-3-6(4-2)7(11)9-8-5-10/h5-6H,3-4H2,1-2H3,(H,8,10)(H,9,11). The molecule has 2 N–H and O–H groups in total. The molecular formula is C7H14N2O2. The fraction of sp³-hybridized carbons (Fsp3) is 0.714. The highest BCUT2D eigenvalue weighted by Crippen LogP contribution is 2.05. The Kier molecular flexibility index (Phi) is 5.15. The predicted octanol–water partition coefficient (Wildman–Crippen LogP) is 0.200. The van der Waals surface area contributed by atoms with Gasteiger partial charge in [0.05, 0.1) is 0 Å². The molecule has 0 aromatic carbocycles. The third-order valence-corrected chi connectivity index (χ3v) is 1.61. The number of hydrogen-bond acceptors (Lipinski definition) is 2. The van der Waals surface area contributed by atoms with Gasteiger partial charge < -0.3 is 0 Å². The Morgan fingerprint density at radius 1 is 1.45 bits per heavy atom. The number of nitrogens with one attached hydrogen (secondary N) is 2. The van der Waals surface area contributed by atoms with Crippen LogP contribution in [0.5, 0.6) is 0 Å². The summed E-state index contributed by atoms with van der Waals surface area (Å²) in [7, 11) is 0. The van der Waals surface area contributed by atoms with Crippen LogP contribution in [-0.2, 0) is 9.59 Å². The molecule has 0 radical (unpaired) electrons. The third kappa shape index (κ3) is 3.60. The summed E-state index contributed by atoms with van der Waals surface area (Å²) in [5.41, 5.74) is 4.39. The van der Waals surface area contributed by atoms with Gasteiger partial charge in [-0.05, 0) is 12.8 Å². The van der Waals surface area contributed by atoms with E-state index in [1.54, 1.807) is 0 Å². The van der Waals surface area contributed by atoms with E-state index in [9.17, 15) is 9.59 Å². The predicted molar refractivity (Wildman–Crippen MR) is 41.4 cm³/mol. The van der Waals surface area contributed by atoms with E-state index in [4.69, 9.17) is 0 Å². The maximum Gasteiger partial charge on any atom is 0.241 e. The maximum absolute atomic E-state index is 11.0. The lowest BCUT2D eigenvalue weighted by molar-refractivity contribution is -0.128. The average Bonchev–Trinajstić information content (AvgIpc) is 2.03. The average molecular weight is 158 g/mol. The molecule has 2 amide bonds. The monoisotopic (exact) mass is 158 g/mol. The second kappa shape index (κ2) is 5.70. The summed E-state index contributed by atoms with van der Waals surface area (Å²) in [5, 5.41) is 0. The van der Waals surface area contributed by atoms with Crippen molar-refractivity contribution in [2.45, 2.75) is 26.7 Å². The highest BCUT2D eigenvalue weighted by Gasteiger charge is 2.12. The van der Waals surface area contributed by atoms with E-state index >= 15 is 0 Å². The van der Waals surface area contributed by atoms with E-state index in [2.05, 4.69) is 10.9 Å². The number of carbonyl (C=O) groups is 2. The first kappa shape index (κ1) is 9.94. The number of carbonyl (C=O) groups excluding carboxylic acids is 2. The summed E-state index contributed by atoms with van der Waals surface area (Å²) in [6.07, 6.45) is 2.03. The van der Waals surface area contributed by atoms with Crippen LogP contribution in [0.4, 0.5) is 0 Å². The zero-order valence-corrected chi connectivity index (χ0v) is 6.89. The largest absolute Gasteiger partial charge is 0.277 e. The molecule has 0 fully saturated rings. The van der Waals surface area contributed by atoms with Crippen LogP contribution in [0, 0.1) is 5.92 Å². The van der Waals surface area contributed by atoms with Crippen molar-refractivity contribution in [3.63, 3.8) is 0 Å². The second-order valence-corrected chi connectivity index (χ2v) is 2.26. The minimum atomic E-state index is -0.123. The van der Waals surface area contributed by atoms with Gasteiger partial charge in [-0.1, -0.05) is 13.8 Å². The molecule has 0 aliphatic heterocycles. The van der Waals surface area contributed by atoms with Crippen LogP contribution in [0.1, 0.15) is 26.7 Å². The second-order valence-electron chi connectivity index (χ2n) is 2.26. The van der Waals surface area contributed by atoms with E-state index < -0.39 is 0 Å². The van der Waals surface area contributed by atoms with Crippen molar-refractivity contribution in [3.8, 4) is 0 Å². The van der Waals surface area contributed by atoms with Crippen LogP contribution in [0.2, 0.25) is 0 Å². The summed E-state index contributed by atoms with van der Waals surface area (Å²) in [5.74, 6) is -0.121. The Morgan fingerprint density at radius 2 is 2.00 bits per heavy atom. The zero-order chi connectivity index (χ0) is 8.69. The Morgan fingerprint density at radius 3 is 2.36 bits per heavy atom. The van der Waals surface area contributed by atoms with E-state index in [0.29, 0.717) is 6.41 Å². The van der Waals surface area contributed by atoms with E-state index in [0.717, 1.165) is 12.8 Å². The Hall–Kier alpha value is -1.06. The Labute approximate surface area is 66.3 Å². The van der Waals surface area contributed by atoms with Gasteiger partial charge in [0.25, 0.3) is 0 Å². The van der Waals surface area contributed by atoms with Crippen molar-refractivity contribution >= 4 is 12.3 Å². The third-order valence-electron chi connectivity index (χ3n) is 1.61. The first-order chi connectivity index (χ1) is 5.26. The topological polar surface area (TPSA) is 58.2 Å². The number of rotatable bonds is 5. The van der Waals surface area contributed by atoms with E-state index in [1.807, 2.05) is 13.8 Å². The van der Waals surface area contributed by atoms with Crippen LogP contribution in [0.25, 0.3) is 0 Å². The molecule has 0 saturated heterocycles. The van der Waals surface area contributed by atoms with Gasteiger partial charge in [-0.3, -0.25) is 20.4 Å². The normalized spacial score (nSPS) is 9.36. The van der Waals surface area contributed by atoms with Crippen molar-refractivity contribution in [1.82, 2.24) is 10.9 Å². The molecule has 0 aromatic heterocycles. The Balaban J connectivity index is 3.69. The first-order valence-corrected chi connectivity index (χ1v) is 3.75. The fourth-order valence-electron chi connectivity index (χ4n) is 0.862. The number of hydrazine groups is 1. The fourth-order valence-corrected chi connectivity index (χ4v) is 0.862. The van der Waals surface area contributed by atoms with Gasteiger partial charge >= 0.3 is 0 Å². The van der Waals surface area contributed by atoms with Crippen molar-refractivity contribution in [2.24, 2.45) is 5.92 Å². The lowest BCUT2D eigenvalue weighted by atomic mass is 10.0. The molecular weight excluding hydrogens is 144 g/mol. The van der Waals surface area contributed by atoms with Crippen LogP contribution in [0.15, 0.2) is 0 Å². The van der Waals surface area contributed by atoms with Gasteiger partial charge in [0, 0.05) is 5.92 Å². The molecule has 0 aromatic rings. The van der Waals surface area contributed by atoms with E-state index in [1.165, 1.54) is 0 Å². The maximum atomic E-state index is 11.0. The minimum Gasteiger partial charge on any atom is -0.277 e. The van der Waals surface area contributed by atoms with Gasteiger partial charge in [0.15, 0.2) is 0 Å². The van der Waals surface area contributed by atoms with E-state index in [-0.39, 0.29) is 11.8 Å². The first-order valence-electron chi connectivity index (χ1n) is 3.75. The molecule has 4 nitrogen and oxygen atoms in total. The number of hydrogen-bond donors (Lipinski definition) is 2. The van der Waals surface area contributed by atoms with Gasteiger partial charge in [-0.2, -0.15) is 0 Å². The van der Waals surface area contributed by atoms with Crippen molar-refractivity contribution in [2.75, 3.05) is 0 Å². The SMILES string of the molecule is CCC(CC)C(=O)NNC=O. The van der Waals surface area contributed by atoms with Crippen LogP contribution < -0.4 is 10.9 Å². The molecule has 11 heavy (non-hydrogen) atoms.